The number of carbonyl (C=O) groups is 3. The third kappa shape index (κ3) is 9.13. The molecule has 2 atom stereocenters. The number of ether oxygens (including phenoxy) is 1. The highest BCUT2D eigenvalue weighted by atomic mass is 35.5. The fourth-order valence-electron chi connectivity index (χ4n) is 3.88. The summed E-state index contributed by atoms with van der Waals surface area (Å²) in [6.07, 6.45) is 1.59. The number of aromatic hydroxyl groups is 1. The number of nitrogens with one attached hydrogen (secondary N) is 2. The highest BCUT2D eigenvalue weighted by Crippen LogP contribution is 2.30. The first-order valence-corrected chi connectivity index (χ1v) is 13.6. The monoisotopic (exact) mass is 563 g/mol. The fraction of sp³-hybridized carbons (Fsp3) is 0.464. The highest BCUT2D eigenvalue weighted by Gasteiger charge is 2.36. The molecule has 10 heteroatoms. The first kappa shape index (κ1) is 31.3. The van der Waals surface area contributed by atoms with E-state index in [1.165, 1.54) is 17.0 Å². The van der Waals surface area contributed by atoms with Crippen molar-refractivity contribution in [1.29, 1.82) is 0 Å². The Bertz CT molecular complexity index is 1100. The van der Waals surface area contributed by atoms with E-state index in [0.29, 0.717) is 22.7 Å². The van der Waals surface area contributed by atoms with Gasteiger partial charge in [0.15, 0.2) is 0 Å². The molecule has 2 aromatic carbocycles. The molecule has 0 saturated heterocycles. The van der Waals surface area contributed by atoms with Gasteiger partial charge in [0.05, 0.1) is 10.7 Å². The zero-order chi connectivity index (χ0) is 28.5. The van der Waals surface area contributed by atoms with Crippen LogP contribution >= 0.6 is 24.2 Å². The number of phenolic OH excluding ortho intramolecular Hbond substituents is 1. The Balaban J connectivity index is 2.52. The molecule has 3 N–H and O–H groups in total. The molecule has 0 aromatic heterocycles. The molecule has 0 bridgehead atoms. The third-order valence-corrected chi connectivity index (χ3v) is 6.35. The number of rotatable bonds is 11. The summed E-state index contributed by atoms with van der Waals surface area (Å²) in [6, 6.07) is 9.29. The van der Waals surface area contributed by atoms with Gasteiger partial charge in [0.2, 0.25) is 5.91 Å². The summed E-state index contributed by atoms with van der Waals surface area (Å²) in [6.45, 7) is 9.26. The Morgan fingerprint density at radius 3 is 2.39 bits per heavy atom. The Labute approximate surface area is 235 Å². The summed E-state index contributed by atoms with van der Waals surface area (Å²) in [5.74, 6) is -1.07. The molecule has 38 heavy (non-hydrogen) atoms. The van der Waals surface area contributed by atoms with Crippen molar-refractivity contribution in [2.24, 2.45) is 0 Å². The Morgan fingerprint density at radius 1 is 1.13 bits per heavy atom. The van der Waals surface area contributed by atoms with Crippen LogP contribution in [0.3, 0.4) is 0 Å². The standard InChI is InChI=1S/C28H38ClN3O5S/c1-6-7-8-15-32(26(35)22(17-38)30-27(36)37-28(3,4)5)24(19-12-10-13-20(33)16-19)25(34)31-23-18(2)11-9-14-21(23)29/h9-14,16,22,24,33,38H,6-8,15,17H2,1-5H3,(H,30,36)(H,31,34). The largest absolute Gasteiger partial charge is 0.508 e. The van der Waals surface area contributed by atoms with Crippen molar-refractivity contribution in [3.8, 4) is 5.75 Å². The smallest absolute Gasteiger partial charge is 0.408 e. The van der Waals surface area contributed by atoms with Gasteiger partial charge in [0.25, 0.3) is 5.91 Å². The summed E-state index contributed by atoms with van der Waals surface area (Å²) in [7, 11) is 0. The number of thiol groups is 1. The predicted molar refractivity (Wildman–Crippen MR) is 154 cm³/mol. The average molecular weight is 564 g/mol. The van der Waals surface area contributed by atoms with Crippen LogP contribution in [0.1, 0.15) is 64.1 Å². The van der Waals surface area contributed by atoms with Crippen LogP contribution in [0.5, 0.6) is 5.75 Å². The predicted octanol–water partition coefficient (Wildman–Crippen LogP) is 5.88. The van der Waals surface area contributed by atoms with E-state index in [1.807, 2.05) is 19.9 Å². The number of amides is 3. The molecule has 0 aliphatic rings. The molecule has 0 radical (unpaired) electrons. The van der Waals surface area contributed by atoms with Gasteiger partial charge < -0.3 is 25.4 Å². The second-order valence-corrected chi connectivity index (χ2v) is 10.8. The molecule has 3 amide bonds. The van der Waals surface area contributed by atoms with Crippen LogP contribution in [-0.4, -0.2) is 51.9 Å². The number of hydrogen-bond acceptors (Lipinski definition) is 6. The normalized spacial score (nSPS) is 12.8. The lowest BCUT2D eigenvalue weighted by atomic mass is 10.0. The van der Waals surface area contributed by atoms with Gasteiger partial charge >= 0.3 is 6.09 Å². The molecule has 0 saturated carbocycles. The lowest BCUT2D eigenvalue weighted by molar-refractivity contribution is -0.140. The van der Waals surface area contributed by atoms with Crippen molar-refractivity contribution in [3.63, 3.8) is 0 Å². The SMILES string of the molecule is CCCCCN(C(=O)C(CS)NC(=O)OC(C)(C)C)C(C(=O)Nc1c(C)cccc1Cl)c1cccc(O)c1. The molecule has 2 unspecified atom stereocenters. The molecule has 208 valence electrons. The molecule has 2 aromatic rings. The molecule has 0 spiro atoms. The van der Waals surface area contributed by atoms with E-state index in [2.05, 4.69) is 23.3 Å². The highest BCUT2D eigenvalue weighted by molar-refractivity contribution is 7.80. The van der Waals surface area contributed by atoms with Gasteiger partial charge in [-0.2, -0.15) is 12.6 Å². The number of carbonyl (C=O) groups excluding carboxylic acids is 3. The van der Waals surface area contributed by atoms with Crippen molar-refractivity contribution in [1.82, 2.24) is 10.2 Å². The van der Waals surface area contributed by atoms with Gasteiger partial charge in [0, 0.05) is 12.3 Å². The van der Waals surface area contributed by atoms with Crippen LogP contribution in [0.2, 0.25) is 5.02 Å². The number of halogens is 1. The van der Waals surface area contributed by atoms with Gasteiger partial charge in [0.1, 0.15) is 23.4 Å². The van der Waals surface area contributed by atoms with Crippen molar-refractivity contribution >= 4 is 47.8 Å². The van der Waals surface area contributed by atoms with E-state index < -0.39 is 35.6 Å². The average Bonchev–Trinajstić information content (AvgIpc) is 2.83. The zero-order valence-electron chi connectivity index (χ0n) is 22.6. The van der Waals surface area contributed by atoms with Crippen LogP contribution < -0.4 is 10.6 Å². The van der Waals surface area contributed by atoms with E-state index in [-0.39, 0.29) is 18.0 Å². The molecule has 0 fully saturated rings. The number of hydrogen-bond donors (Lipinski definition) is 4. The minimum Gasteiger partial charge on any atom is -0.508 e. The van der Waals surface area contributed by atoms with E-state index in [1.54, 1.807) is 45.0 Å². The van der Waals surface area contributed by atoms with Crippen LogP contribution in [0, 0.1) is 6.92 Å². The van der Waals surface area contributed by atoms with Gasteiger partial charge in [-0.25, -0.2) is 4.79 Å². The minimum absolute atomic E-state index is 0.0135. The zero-order valence-corrected chi connectivity index (χ0v) is 24.2. The summed E-state index contributed by atoms with van der Waals surface area (Å²) in [5.41, 5.74) is 0.839. The molecule has 0 aliphatic heterocycles. The number of para-hydroxylation sites is 1. The van der Waals surface area contributed by atoms with Gasteiger partial charge in [-0.05, 0) is 63.4 Å². The third-order valence-electron chi connectivity index (χ3n) is 5.67. The summed E-state index contributed by atoms with van der Waals surface area (Å²) in [5, 5.41) is 16.0. The van der Waals surface area contributed by atoms with Crippen LogP contribution in [0.4, 0.5) is 10.5 Å². The molecular formula is C28H38ClN3O5S. The van der Waals surface area contributed by atoms with Crippen LogP contribution in [0.25, 0.3) is 0 Å². The first-order chi connectivity index (χ1) is 17.9. The van der Waals surface area contributed by atoms with Gasteiger partial charge in [-0.15, -0.1) is 0 Å². The molecule has 8 nitrogen and oxygen atoms in total. The number of aryl methyl sites for hydroxylation is 1. The lowest BCUT2D eigenvalue weighted by Crippen LogP contribution is -2.53. The summed E-state index contributed by atoms with van der Waals surface area (Å²) in [4.78, 5) is 41.7. The maximum absolute atomic E-state index is 13.9. The van der Waals surface area contributed by atoms with Gasteiger partial charge in [-0.3, -0.25) is 9.59 Å². The second kappa shape index (κ2) is 14.3. The Kier molecular flexibility index (Phi) is 11.8. The van der Waals surface area contributed by atoms with Crippen LogP contribution in [-0.2, 0) is 14.3 Å². The molecule has 0 aliphatic carbocycles. The first-order valence-electron chi connectivity index (χ1n) is 12.6. The number of unbranched alkanes of at least 4 members (excludes halogenated alkanes) is 2. The molecule has 2 rings (SSSR count). The summed E-state index contributed by atoms with van der Waals surface area (Å²) < 4.78 is 5.33. The number of anilines is 1. The van der Waals surface area contributed by atoms with Crippen molar-refractivity contribution in [2.75, 3.05) is 17.6 Å². The van der Waals surface area contributed by atoms with E-state index in [4.69, 9.17) is 16.3 Å². The molecular weight excluding hydrogens is 526 g/mol. The fourth-order valence-corrected chi connectivity index (χ4v) is 4.40. The van der Waals surface area contributed by atoms with E-state index >= 15 is 0 Å². The Hall–Kier alpha value is -2.91. The molecule has 0 heterocycles. The Morgan fingerprint density at radius 2 is 1.82 bits per heavy atom. The van der Waals surface area contributed by atoms with Gasteiger partial charge in [-0.1, -0.05) is 55.6 Å². The number of alkyl carbamates (subject to hydrolysis) is 1. The lowest BCUT2D eigenvalue weighted by Gasteiger charge is -2.34. The van der Waals surface area contributed by atoms with Crippen molar-refractivity contribution < 1.29 is 24.2 Å². The van der Waals surface area contributed by atoms with E-state index in [0.717, 1.165) is 18.4 Å². The van der Waals surface area contributed by atoms with Crippen molar-refractivity contribution in [2.45, 2.75) is 71.6 Å². The second-order valence-electron chi connectivity index (χ2n) is 10.0. The van der Waals surface area contributed by atoms with E-state index in [9.17, 15) is 19.5 Å². The number of benzene rings is 2. The minimum atomic E-state index is -1.12. The van der Waals surface area contributed by atoms with Crippen molar-refractivity contribution in [3.05, 3.63) is 58.6 Å². The topological polar surface area (TPSA) is 108 Å². The summed E-state index contributed by atoms with van der Waals surface area (Å²) >= 11 is 10.7. The maximum atomic E-state index is 13.9. The quantitative estimate of drug-likeness (QED) is 0.202. The number of nitrogens with zero attached hydrogens (tertiary/aromatic N) is 1. The maximum Gasteiger partial charge on any atom is 0.408 e. The van der Waals surface area contributed by atoms with Crippen LogP contribution in [0.15, 0.2) is 42.5 Å². The number of phenols is 1.